The second-order valence-electron chi connectivity index (χ2n) is 10.4. The zero-order valence-electron chi connectivity index (χ0n) is 18.1. The summed E-state index contributed by atoms with van der Waals surface area (Å²) in [4.78, 5) is 35.8. The summed E-state index contributed by atoms with van der Waals surface area (Å²) in [7, 11) is 0. The number of allylic oxidation sites excluding steroid dienone is 1. The van der Waals surface area contributed by atoms with Crippen molar-refractivity contribution in [2.75, 3.05) is 11.5 Å². The quantitative estimate of drug-likeness (QED) is 0.614. The Bertz CT molecular complexity index is 790. The molecule has 30 heavy (non-hydrogen) atoms. The van der Waals surface area contributed by atoms with Gasteiger partial charge in [0, 0.05) is 17.6 Å². The van der Waals surface area contributed by atoms with Gasteiger partial charge in [-0.1, -0.05) is 19.4 Å². The van der Waals surface area contributed by atoms with E-state index in [1.165, 1.54) is 17.3 Å². The highest BCUT2D eigenvalue weighted by Gasteiger charge is 2.65. The van der Waals surface area contributed by atoms with Crippen molar-refractivity contribution in [3.8, 4) is 0 Å². The maximum Gasteiger partial charge on any atom is 0.304 e. The van der Waals surface area contributed by atoms with Gasteiger partial charge in [0.2, 0.25) is 0 Å². The molecule has 3 saturated carbocycles. The van der Waals surface area contributed by atoms with Gasteiger partial charge in [0.1, 0.15) is 5.60 Å². The van der Waals surface area contributed by atoms with E-state index in [1.807, 2.05) is 6.08 Å². The molecule has 0 aromatic heterocycles. The van der Waals surface area contributed by atoms with Crippen LogP contribution < -0.4 is 0 Å². The molecule has 0 aromatic rings. The van der Waals surface area contributed by atoms with Crippen LogP contribution in [0.4, 0.5) is 0 Å². The molecule has 3 unspecified atom stereocenters. The van der Waals surface area contributed by atoms with Gasteiger partial charge in [-0.15, -0.1) is 0 Å². The van der Waals surface area contributed by atoms with Crippen molar-refractivity contribution < 1.29 is 24.6 Å². The Morgan fingerprint density at radius 3 is 2.57 bits per heavy atom. The van der Waals surface area contributed by atoms with E-state index in [0.717, 1.165) is 38.5 Å². The number of aliphatic hydroxyl groups is 1. The van der Waals surface area contributed by atoms with E-state index in [9.17, 15) is 19.5 Å². The lowest BCUT2D eigenvalue weighted by atomic mass is 9.46. The van der Waals surface area contributed by atoms with Crippen LogP contribution in [0.2, 0.25) is 0 Å². The summed E-state index contributed by atoms with van der Waals surface area (Å²) in [5.41, 5.74) is -0.267. The third kappa shape index (κ3) is 3.29. The number of Topliss-reactive ketones (excluding diaryl/α,β-unsaturated/α-hetero) is 1. The molecule has 4 rings (SSSR count). The number of carboxylic acid groups (broad SMARTS) is 1. The van der Waals surface area contributed by atoms with E-state index in [1.54, 1.807) is 0 Å². The van der Waals surface area contributed by atoms with Gasteiger partial charge in [0.05, 0.1) is 12.2 Å². The van der Waals surface area contributed by atoms with Crippen molar-refractivity contribution in [3.63, 3.8) is 0 Å². The Kier molecular flexibility index (Phi) is 5.72. The SMILES string of the molecule is C[C@]12CCC(=O)C=C1CCC1C2CC[C@@]2(C)C1CC[C@]2(O)C(=O)CSCCC(=O)O. The summed E-state index contributed by atoms with van der Waals surface area (Å²) < 4.78 is 0. The Hall–Kier alpha value is -1.14. The van der Waals surface area contributed by atoms with E-state index >= 15 is 0 Å². The zero-order valence-corrected chi connectivity index (χ0v) is 18.9. The first-order valence-electron chi connectivity index (χ1n) is 11.4. The molecule has 0 aromatic carbocycles. The highest BCUT2D eigenvalue weighted by atomic mass is 32.2. The molecule has 0 aliphatic heterocycles. The molecular formula is C24H34O5S. The summed E-state index contributed by atoms with van der Waals surface area (Å²) in [6.07, 6.45) is 8.80. The van der Waals surface area contributed by atoms with Crippen LogP contribution in [-0.2, 0) is 14.4 Å². The highest BCUT2D eigenvalue weighted by Crippen LogP contribution is 2.67. The highest BCUT2D eigenvalue weighted by molar-refractivity contribution is 7.99. The van der Waals surface area contributed by atoms with E-state index in [-0.39, 0.29) is 29.2 Å². The van der Waals surface area contributed by atoms with Crippen molar-refractivity contribution in [1.29, 1.82) is 0 Å². The summed E-state index contributed by atoms with van der Waals surface area (Å²) in [5, 5.41) is 20.4. The van der Waals surface area contributed by atoms with Crippen molar-refractivity contribution in [3.05, 3.63) is 11.6 Å². The van der Waals surface area contributed by atoms with Crippen LogP contribution in [0.5, 0.6) is 0 Å². The lowest BCUT2D eigenvalue weighted by Gasteiger charge is -2.58. The molecule has 6 atom stereocenters. The predicted molar refractivity (Wildman–Crippen MR) is 116 cm³/mol. The summed E-state index contributed by atoms with van der Waals surface area (Å²) in [6, 6.07) is 0. The minimum absolute atomic E-state index is 0.0386. The van der Waals surface area contributed by atoms with Crippen LogP contribution in [0, 0.1) is 28.6 Å². The molecule has 0 amide bonds. The minimum Gasteiger partial charge on any atom is -0.481 e. The fourth-order valence-electron chi connectivity index (χ4n) is 7.48. The third-order valence-corrected chi connectivity index (χ3v) is 10.2. The minimum atomic E-state index is -1.29. The molecule has 0 radical (unpaired) electrons. The first kappa shape index (κ1) is 22.1. The van der Waals surface area contributed by atoms with Crippen molar-refractivity contribution in [1.82, 2.24) is 0 Å². The number of carbonyl (C=O) groups is 3. The lowest BCUT2D eigenvalue weighted by Crippen LogP contribution is -2.58. The molecule has 4 aliphatic rings. The van der Waals surface area contributed by atoms with Gasteiger partial charge in [0.25, 0.3) is 0 Å². The Morgan fingerprint density at radius 1 is 1.10 bits per heavy atom. The second-order valence-corrected chi connectivity index (χ2v) is 11.5. The van der Waals surface area contributed by atoms with E-state index in [2.05, 4.69) is 13.8 Å². The van der Waals surface area contributed by atoms with Crippen LogP contribution in [0.3, 0.4) is 0 Å². The average molecular weight is 435 g/mol. The normalized spacial score (nSPS) is 42.7. The number of hydrogen-bond donors (Lipinski definition) is 2. The molecule has 0 bridgehead atoms. The Balaban J connectivity index is 1.51. The molecular weight excluding hydrogens is 400 g/mol. The first-order chi connectivity index (χ1) is 14.1. The number of carboxylic acids is 1. The standard InChI is InChI=1S/C24H34O5S/c1-22-9-5-16(25)13-15(22)3-4-17-18(22)6-10-23(2)19(17)7-11-24(23,29)20(26)14-30-12-8-21(27)28/h13,17-19,29H,3-12,14H2,1-2H3,(H,27,28)/t17?,18?,19?,22-,23-,24-/m0/s1. The molecule has 0 saturated heterocycles. The number of fused-ring (bicyclic) bond motifs is 5. The van der Waals surface area contributed by atoms with Crippen LogP contribution in [0.1, 0.15) is 71.6 Å². The molecule has 4 aliphatic carbocycles. The molecule has 0 spiro atoms. The lowest BCUT2D eigenvalue weighted by molar-refractivity contribution is -0.159. The molecule has 6 heteroatoms. The smallest absolute Gasteiger partial charge is 0.304 e. The van der Waals surface area contributed by atoms with E-state index < -0.39 is 17.0 Å². The maximum absolute atomic E-state index is 13.1. The Labute approximate surface area is 183 Å². The number of rotatable bonds is 6. The number of hydrogen-bond acceptors (Lipinski definition) is 5. The van der Waals surface area contributed by atoms with Crippen LogP contribution in [-0.4, -0.2) is 44.9 Å². The monoisotopic (exact) mass is 434 g/mol. The van der Waals surface area contributed by atoms with Crippen LogP contribution in [0.15, 0.2) is 11.6 Å². The summed E-state index contributed by atoms with van der Waals surface area (Å²) in [5.74, 6) is 1.25. The zero-order chi connectivity index (χ0) is 21.7. The van der Waals surface area contributed by atoms with Crippen LogP contribution >= 0.6 is 11.8 Å². The molecule has 0 heterocycles. The van der Waals surface area contributed by atoms with Gasteiger partial charge in [-0.2, -0.15) is 11.8 Å². The first-order valence-corrected chi connectivity index (χ1v) is 12.6. The van der Waals surface area contributed by atoms with Gasteiger partial charge >= 0.3 is 5.97 Å². The van der Waals surface area contributed by atoms with Gasteiger partial charge < -0.3 is 10.2 Å². The number of thioether (sulfide) groups is 1. The number of aliphatic carboxylic acids is 1. The predicted octanol–water partition coefficient (Wildman–Crippen LogP) is 4.03. The van der Waals surface area contributed by atoms with E-state index in [4.69, 9.17) is 5.11 Å². The van der Waals surface area contributed by atoms with Crippen molar-refractivity contribution >= 4 is 29.3 Å². The summed E-state index contributed by atoms with van der Waals surface area (Å²) in [6.45, 7) is 4.47. The fraction of sp³-hybridized carbons (Fsp3) is 0.792. The molecule has 3 fully saturated rings. The van der Waals surface area contributed by atoms with Crippen molar-refractivity contribution in [2.24, 2.45) is 28.6 Å². The Morgan fingerprint density at radius 2 is 1.83 bits per heavy atom. The third-order valence-electron chi connectivity index (χ3n) is 9.27. The molecule has 2 N–H and O–H groups in total. The molecule has 5 nitrogen and oxygen atoms in total. The van der Waals surface area contributed by atoms with Gasteiger partial charge in [-0.25, -0.2) is 0 Å². The van der Waals surface area contributed by atoms with Gasteiger partial charge in [0.15, 0.2) is 11.6 Å². The number of ketones is 2. The van der Waals surface area contributed by atoms with Crippen molar-refractivity contribution in [2.45, 2.75) is 77.2 Å². The van der Waals surface area contributed by atoms with Crippen LogP contribution in [0.25, 0.3) is 0 Å². The van der Waals surface area contributed by atoms with Gasteiger partial charge in [-0.3, -0.25) is 14.4 Å². The average Bonchev–Trinajstić information content (AvgIpc) is 2.98. The largest absolute Gasteiger partial charge is 0.481 e. The summed E-state index contributed by atoms with van der Waals surface area (Å²) >= 11 is 1.32. The topological polar surface area (TPSA) is 91.7 Å². The number of carbonyl (C=O) groups excluding carboxylic acids is 2. The van der Waals surface area contributed by atoms with E-state index in [0.29, 0.717) is 36.3 Å². The maximum atomic E-state index is 13.1. The second kappa shape index (κ2) is 7.77. The molecule has 166 valence electrons. The van der Waals surface area contributed by atoms with Gasteiger partial charge in [-0.05, 0) is 74.2 Å². The fourth-order valence-corrected chi connectivity index (χ4v) is 8.36.